The van der Waals surface area contributed by atoms with Gasteiger partial charge < -0.3 is 10.1 Å². The molecule has 0 radical (unpaired) electrons. The molecule has 0 aromatic heterocycles. The molecule has 0 spiro atoms. The van der Waals surface area contributed by atoms with Crippen LogP contribution in [0.2, 0.25) is 0 Å². The summed E-state index contributed by atoms with van der Waals surface area (Å²) in [5.41, 5.74) is -0.794. The normalized spacial score (nSPS) is 21.2. The molecule has 1 saturated heterocycles. The molecule has 0 aromatic carbocycles. The van der Waals surface area contributed by atoms with Crippen LogP contribution in [0, 0.1) is 0 Å². The van der Waals surface area contributed by atoms with Gasteiger partial charge in [0.1, 0.15) is 11.6 Å². The van der Waals surface area contributed by atoms with Crippen molar-refractivity contribution >= 4 is 18.5 Å². The molecule has 1 N–H and O–H groups in total. The van der Waals surface area contributed by atoms with E-state index in [1.807, 2.05) is 0 Å². The molecule has 1 rings (SSSR count). The van der Waals surface area contributed by atoms with E-state index in [1.54, 1.807) is 20.8 Å². The Morgan fingerprint density at radius 2 is 1.89 bits per heavy atom. The fraction of sp³-hybridized carbons (Fsp3) is 0.900. The van der Waals surface area contributed by atoms with Crippen LogP contribution in [0.25, 0.3) is 0 Å². The summed E-state index contributed by atoms with van der Waals surface area (Å²) in [5, 5.41) is 2.62. The molecule has 1 amide bonds. The minimum absolute atomic E-state index is 0. The highest BCUT2D eigenvalue weighted by Crippen LogP contribution is 2.27. The monoisotopic (exact) mass is 290 g/mol. The summed E-state index contributed by atoms with van der Waals surface area (Å²) in [6.07, 6.45) is -5.36. The lowest BCUT2D eigenvalue weighted by molar-refractivity contribution is -0.183. The molecule has 8 heteroatoms. The van der Waals surface area contributed by atoms with Gasteiger partial charge in [-0.2, -0.15) is 13.2 Å². The van der Waals surface area contributed by atoms with Crippen molar-refractivity contribution in [2.45, 2.75) is 38.6 Å². The summed E-state index contributed by atoms with van der Waals surface area (Å²) in [6.45, 7) is 4.91. The van der Waals surface area contributed by atoms with Crippen LogP contribution in [-0.2, 0) is 4.74 Å². The van der Waals surface area contributed by atoms with Gasteiger partial charge in [-0.1, -0.05) is 0 Å². The number of nitrogens with one attached hydrogen (secondary N) is 1. The molecule has 1 aliphatic rings. The van der Waals surface area contributed by atoms with Crippen molar-refractivity contribution < 1.29 is 22.7 Å². The van der Waals surface area contributed by atoms with Gasteiger partial charge in [-0.05, 0) is 20.8 Å². The molecule has 1 heterocycles. The summed E-state index contributed by atoms with van der Waals surface area (Å²) in [7, 11) is 0. The van der Waals surface area contributed by atoms with Crippen LogP contribution >= 0.6 is 12.4 Å². The largest absolute Gasteiger partial charge is 0.444 e. The van der Waals surface area contributed by atoms with E-state index in [0.717, 1.165) is 4.90 Å². The van der Waals surface area contributed by atoms with Gasteiger partial charge in [-0.25, -0.2) is 4.79 Å². The van der Waals surface area contributed by atoms with E-state index in [4.69, 9.17) is 4.74 Å². The standard InChI is InChI=1S/C10H17F3N2O2.ClH/c1-9(2,3)17-8(16)15-5-4-14-6-7(15)10(11,12)13;/h7,14H,4-6H2,1-3H3;1H. The van der Waals surface area contributed by atoms with Crippen LogP contribution in [-0.4, -0.2) is 48.4 Å². The third-order valence-electron chi connectivity index (χ3n) is 2.25. The van der Waals surface area contributed by atoms with Crippen molar-refractivity contribution in [2.24, 2.45) is 0 Å². The van der Waals surface area contributed by atoms with Crippen LogP contribution < -0.4 is 5.32 Å². The summed E-state index contributed by atoms with van der Waals surface area (Å²) < 4.78 is 43.0. The first kappa shape index (κ1) is 17.3. The van der Waals surface area contributed by atoms with E-state index in [1.165, 1.54) is 0 Å². The predicted molar refractivity (Wildman–Crippen MR) is 62.9 cm³/mol. The summed E-state index contributed by atoms with van der Waals surface area (Å²) in [5.74, 6) is 0. The molecular weight excluding hydrogens is 273 g/mol. The molecule has 108 valence electrons. The van der Waals surface area contributed by atoms with E-state index in [0.29, 0.717) is 6.54 Å². The third-order valence-corrected chi connectivity index (χ3v) is 2.25. The van der Waals surface area contributed by atoms with Gasteiger partial charge in [-0.3, -0.25) is 4.90 Å². The van der Waals surface area contributed by atoms with Crippen LogP contribution in [0.1, 0.15) is 20.8 Å². The van der Waals surface area contributed by atoms with Crippen molar-refractivity contribution in [3.05, 3.63) is 0 Å². The molecule has 1 atom stereocenters. The first-order valence-electron chi connectivity index (χ1n) is 5.38. The molecule has 0 aromatic rings. The van der Waals surface area contributed by atoms with Crippen LogP contribution in [0.5, 0.6) is 0 Å². The first-order valence-corrected chi connectivity index (χ1v) is 5.38. The highest BCUT2D eigenvalue weighted by molar-refractivity contribution is 5.85. The second-order valence-electron chi connectivity index (χ2n) is 4.94. The number of halogens is 4. The predicted octanol–water partition coefficient (Wildman–Crippen LogP) is 2.18. The summed E-state index contributed by atoms with van der Waals surface area (Å²) in [4.78, 5) is 12.4. The number of carbonyl (C=O) groups excluding carboxylic acids is 1. The smallest absolute Gasteiger partial charge is 0.410 e. The number of nitrogens with zero attached hydrogens (tertiary/aromatic N) is 1. The maximum atomic E-state index is 12.7. The lowest BCUT2D eigenvalue weighted by atomic mass is 10.2. The molecule has 4 nitrogen and oxygen atoms in total. The number of amides is 1. The highest BCUT2D eigenvalue weighted by atomic mass is 35.5. The number of ether oxygens (including phenoxy) is 1. The zero-order valence-electron chi connectivity index (χ0n) is 10.5. The summed E-state index contributed by atoms with van der Waals surface area (Å²) >= 11 is 0. The molecule has 1 aliphatic heterocycles. The van der Waals surface area contributed by atoms with Gasteiger partial charge >= 0.3 is 12.3 Å². The Labute approximate surface area is 110 Å². The molecule has 0 bridgehead atoms. The Hall–Kier alpha value is -0.690. The Morgan fingerprint density at radius 1 is 1.33 bits per heavy atom. The second kappa shape index (κ2) is 5.97. The third kappa shape index (κ3) is 4.89. The van der Waals surface area contributed by atoms with Gasteiger partial charge in [0.25, 0.3) is 0 Å². The molecule has 1 fully saturated rings. The Bertz CT molecular complexity index is 292. The molecule has 1 unspecified atom stereocenters. The molecule has 18 heavy (non-hydrogen) atoms. The SMILES string of the molecule is CC(C)(C)OC(=O)N1CCNCC1C(F)(F)F.Cl. The highest BCUT2D eigenvalue weighted by Gasteiger charge is 2.47. The van der Waals surface area contributed by atoms with Crippen LogP contribution in [0.3, 0.4) is 0 Å². The second-order valence-corrected chi connectivity index (χ2v) is 4.94. The maximum absolute atomic E-state index is 12.7. The minimum atomic E-state index is -4.44. The number of hydrogen-bond acceptors (Lipinski definition) is 3. The average Bonchev–Trinajstić information content (AvgIpc) is 2.13. The topological polar surface area (TPSA) is 41.6 Å². The average molecular weight is 291 g/mol. The number of alkyl halides is 3. The lowest BCUT2D eigenvalue weighted by Crippen LogP contribution is -2.60. The van der Waals surface area contributed by atoms with Gasteiger partial charge in [0.05, 0.1) is 0 Å². The zero-order chi connectivity index (χ0) is 13.3. The first-order chi connectivity index (χ1) is 7.61. The molecule has 0 saturated carbocycles. The van der Waals surface area contributed by atoms with E-state index in [-0.39, 0.29) is 25.5 Å². The summed E-state index contributed by atoms with van der Waals surface area (Å²) in [6, 6.07) is -1.81. The Morgan fingerprint density at radius 3 is 2.33 bits per heavy atom. The van der Waals surface area contributed by atoms with Crippen molar-refractivity contribution in [3.8, 4) is 0 Å². The van der Waals surface area contributed by atoms with Gasteiger partial charge in [-0.15, -0.1) is 12.4 Å². The fourth-order valence-corrected chi connectivity index (χ4v) is 1.54. The number of piperazine rings is 1. The van der Waals surface area contributed by atoms with Crippen LogP contribution in [0.15, 0.2) is 0 Å². The van der Waals surface area contributed by atoms with E-state index >= 15 is 0 Å². The Balaban J connectivity index is 0.00000289. The molecule has 0 aliphatic carbocycles. The maximum Gasteiger partial charge on any atom is 0.410 e. The minimum Gasteiger partial charge on any atom is -0.444 e. The molecular formula is C10H18ClF3N2O2. The Kier molecular flexibility index (Phi) is 5.74. The van der Waals surface area contributed by atoms with Gasteiger partial charge in [0.15, 0.2) is 0 Å². The van der Waals surface area contributed by atoms with Gasteiger partial charge in [0, 0.05) is 19.6 Å². The number of hydrogen-bond donors (Lipinski definition) is 1. The van der Waals surface area contributed by atoms with Crippen molar-refractivity contribution in [1.29, 1.82) is 0 Å². The van der Waals surface area contributed by atoms with E-state index < -0.39 is 23.9 Å². The number of rotatable bonds is 0. The van der Waals surface area contributed by atoms with Gasteiger partial charge in [0.2, 0.25) is 0 Å². The zero-order valence-corrected chi connectivity index (χ0v) is 11.3. The van der Waals surface area contributed by atoms with Crippen molar-refractivity contribution in [2.75, 3.05) is 19.6 Å². The number of carbonyl (C=O) groups is 1. The van der Waals surface area contributed by atoms with Crippen LogP contribution in [0.4, 0.5) is 18.0 Å². The quantitative estimate of drug-likeness (QED) is 0.743. The fourth-order valence-electron chi connectivity index (χ4n) is 1.54. The van der Waals surface area contributed by atoms with Crippen molar-refractivity contribution in [1.82, 2.24) is 10.2 Å². The van der Waals surface area contributed by atoms with Crippen molar-refractivity contribution in [3.63, 3.8) is 0 Å². The van der Waals surface area contributed by atoms with E-state index in [2.05, 4.69) is 5.32 Å². The lowest BCUT2D eigenvalue weighted by Gasteiger charge is -2.37. The van der Waals surface area contributed by atoms with E-state index in [9.17, 15) is 18.0 Å².